The standard InChI is InChI=1S/C15H18N4S/c1-10(2)19-15(17-9-18-19)8-12(16)14-7-11-5-3-4-6-13(11)20-14/h3-7,9-10,12H,8,16H2,1-2H3. The molecule has 104 valence electrons. The number of benzene rings is 1. The van der Waals surface area contributed by atoms with Crippen LogP contribution in [0.2, 0.25) is 0 Å². The van der Waals surface area contributed by atoms with Crippen molar-refractivity contribution in [1.29, 1.82) is 0 Å². The van der Waals surface area contributed by atoms with Crippen LogP contribution in [0.5, 0.6) is 0 Å². The summed E-state index contributed by atoms with van der Waals surface area (Å²) < 4.78 is 3.22. The van der Waals surface area contributed by atoms with Crippen molar-refractivity contribution in [1.82, 2.24) is 14.8 Å². The second-order valence-electron chi connectivity index (χ2n) is 5.21. The largest absolute Gasteiger partial charge is 0.323 e. The zero-order chi connectivity index (χ0) is 14.1. The molecule has 4 nitrogen and oxygen atoms in total. The van der Waals surface area contributed by atoms with Crippen LogP contribution in [0.4, 0.5) is 0 Å². The topological polar surface area (TPSA) is 56.7 Å². The lowest BCUT2D eigenvalue weighted by molar-refractivity contribution is 0.494. The lowest BCUT2D eigenvalue weighted by Gasteiger charge is -2.12. The van der Waals surface area contributed by atoms with E-state index < -0.39 is 0 Å². The van der Waals surface area contributed by atoms with Gasteiger partial charge in [-0.2, -0.15) is 5.10 Å². The van der Waals surface area contributed by atoms with E-state index in [1.807, 2.05) is 4.68 Å². The van der Waals surface area contributed by atoms with E-state index in [0.29, 0.717) is 12.5 Å². The predicted octanol–water partition coefficient (Wildman–Crippen LogP) is 3.32. The Morgan fingerprint density at radius 1 is 1.30 bits per heavy atom. The Morgan fingerprint density at radius 2 is 2.10 bits per heavy atom. The van der Waals surface area contributed by atoms with Crippen LogP contribution in [0, 0.1) is 0 Å². The van der Waals surface area contributed by atoms with Crippen LogP contribution in [-0.2, 0) is 6.42 Å². The molecule has 1 aromatic carbocycles. The van der Waals surface area contributed by atoms with Crippen LogP contribution in [0.1, 0.15) is 36.6 Å². The summed E-state index contributed by atoms with van der Waals surface area (Å²) in [6, 6.07) is 10.8. The maximum absolute atomic E-state index is 6.35. The summed E-state index contributed by atoms with van der Waals surface area (Å²) in [4.78, 5) is 5.53. The first-order valence-electron chi connectivity index (χ1n) is 6.77. The van der Waals surface area contributed by atoms with Crippen molar-refractivity contribution in [3.8, 4) is 0 Å². The highest BCUT2D eigenvalue weighted by atomic mass is 32.1. The second-order valence-corrected chi connectivity index (χ2v) is 6.33. The maximum Gasteiger partial charge on any atom is 0.138 e. The van der Waals surface area contributed by atoms with E-state index in [0.717, 1.165) is 5.82 Å². The first-order valence-corrected chi connectivity index (χ1v) is 7.59. The Labute approximate surface area is 122 Å². The van der Waals surface area contributed by atoms with Gasteiger partial charge in [0.05, 0.1) is 0 Å². The summed E-state index contributed by atoms with van der Waals surface area (Å²) in [6.07, 6.45) is 2.32. The van der Waals surface area contributed by atoms with Crippen molar-refractivity contribution in [2.45, 2.75) is 32.4 Å². The highest BCUT2D eigenvalue weighted by Gasteiger charge is 2.15. The number of nitrogens with zero attached hydrogens (tertiary/aromatic N) is 3. The molecular weight excluding hydrogens is 268 g/mol. The van der Waals surface area contributed by atoms with E-state index in [1.165, 1.54) is 15.0 Å². The molecule has 0 fully saturated rings. The van der Waals surface area contributed by atoms with Crippen molar-refractivity contribution in [2.75, 3.05) is 0 Å². The van der Waals surface area contributed by atoms with Gasteiger partial charge in [-0.05, 0) is 31.4 Å². The molecule has 0 amide bonds. The smallest absolute Gasteiger partial charge is 0.138 e. The molecule has 2 aromatic heterocycles. The van der Waals surface area contributed by atoms with Crippen molar-refractivity contribution < 1.29 is 0 Å². The third-order valence-electron chi connectivity index (χ3n) is 3.35. The average molecular weight is 286 g/mol. The third kappa shape index (κ3) is 2.46. The normalized spacial score (nSPS) is 13.2. The van der Waals surface area contributed by atoms with Crippen molar-refractivity contribution in [2.24, 2.45) is 5.73 Å². The van der Waals surface area contributed by atoms with Crippen LogP contribution in [0.15, 0.2) is 36.7 Å². The Balaban J connectivity index is 1.85. The van der Waals surface area contributed by atoms with E-state index in [4.69, 9.17) is 5.73 Å². The molecule has 1 unspecified atom stereocenters. The zero-order valence-corrected chi connectivity index (χ0v) is 12.5. The number of hydrogen-bond acceptors (Lipinski definition) is 4. The van der Waals surface area contributed by atoms with E-state index >= 15 is 0 Å². The maximum atomic E-state index is 6.35. The zero-order valence-electron chi connectivity index (χ0n) is 11.7. The summed E-state index contributed by atoms with van der Waals surface area (Å²) in [5, 5.41) is 5.52. The molecule has 3 rings (SSSR count). The number of thiophene rings is 1. The average Bonchev–Trinajstić information content (AvgIpc) is 3.03. The monoisotopic (exact) mass is 286 g/mol. The fourth-order valence-corrected chi connectivity index (χ4v) is 3.40. The van der Waals surface area contributed by atoms with Gasteiger partial charge in [0.25, 0.3) is 0 Å². The lowest BCUT2D eigenvalue weighted by atomic mass is 10.1. The molecule has 1 atom stereocenters. The van der Waals surface area contributed by atoms with Crippen LogP contribution in [0.25, 0.3) is 10.1 Å². The van der Waals surface area contributed by atoms with Gasteiger partial charge in [0.15, 0.2) is 0 Å². The van der Waals surface area contributed by atoms with E-state index in [1.54, 1.807) is 17.7 Å². The molecule has 0 aliphatic rings. The number of nitrogens with two attached hydrogens (primary N) is 1. The summed E-state index contributed by atoms with van der Waals surface area (Å²) >= 11 is 1.76. The molecule has 2 heterocycles. The third-order valence-corrected chi connectivity index (χ3v) is 4.60. The first kappa shape index (κ1) is 13.3. The van der Waals surface area contributed by atoms with Gasteiger partial charge < -0.3 is 5.73 Å². The van der Waals surface area contributed by atoms with Gasteiger partial charge in [-0.15, -0.1) is 11.3 Å². The Kier molecular flexibility index (Phi) is 3.54. The molecular formula is C15H18N4S. The van der Waals surface area contributed by atoms with Gasteiger partial charge in [-0.25, -0.2) is 9.67 Å². The number of fused-ring (bicyclic) bond motifs is 1. The van der Waals surface area contributed by atoms with Gasteiger partial charge in [0, 0.05) is 28.1 Å². The molecule has 0 saturated heterocycles. The molecule has 3 aromatic rings. The van der Waals surface area contributed by atoms with Crippen molar-refractivity contribution in [3.63, 3.8) is 0 Å². The van der Waals surface area contributed by atoms with E-state index in [2.05, 4.69) is 54.3 Å². The number of rotatable bonds is 4. The molecule has 0 spiro atoms. The Bertz CT molecular complexity index is 680. The van der Waals surface area contributed by atoms with Gasteiger partial charge in [-0.3, -0.25) is 0 Å². The minimum Gasteiger partial charge on any atom is -0.323 e. The highest BCUT2D eigenvalue weighted by molar-refractivity contribution is 7.19. The van der Waals surface area contributed by atoms with Crippen LogP contribution < -0.4 is 5.73 Å². The van der Waals surface area contributed by atoms with Crippen LogP contribution in [0.3, 0.4) is 0 Å². The van der Waals surface area contributed by atoms with E-state index in [-0.39, 0.29) is 6.04 Å². The first-order chi connectivity index (χ1) is 9.65. The van der Waals surface area contributed by atoms with Crippen LogP contribution >= 0.6 is 11.3 Å². The van der Waals surface area contributed by atoms with Crippen molar-refractivity contribution in [3.05, 3.63) is 47.4 Å². The lowest BCUT2D eigenvalue weighted by Crippen LogP contribution is -2.17. The molecule has 0 aliphatic heterocycles. The van der Waals surface area contributed by atoms with Gasteiger partial charge in [-0.1, -0.05) is 18.2 Å². The molecule has 0 aliphatic carbocycles. The minimum absolute atomic E-state index is 0.0332. The molecule has 20 heavy (non-hydrogen) atoms. The fourth-order valence-electron chi connectivity index (χ4n) is 2.33. The predicted molar refractivity (Wildman–Crippen MR) is 82.9 cm³/mol. The highest BCUT2D eigenvalue weighted by Crippen LogP contribution is 2.30. The SMILES string of the molecule is CC(C)n1ncnc1CC(N)c1cc2ccccc2s1. The quantitative estimate of drug-likeness (QED) is 0.800. The number of aromatic nitrogens is 3. The molecule has 0 bridgehead atoms. The second kappa shape index (κ2) is 5.34. The van der Waals surface area contributed by atoms with Gasteiger partial charge in [0.1, 0.15) is 12.2 Å². The fraction of sp³-hybridized carbons (Fsp3) is 0.333. The van der Waals surface area contributed by atoms with Gasteiger partial charge >= 0.3 is 0 Å². The molecule has 5 heteroatoms. The molecule has 2 N–H and O–H groups in total. The number of hydrogen-bond donors (Lipinski definition) is 1. The summed E-state index contributed by atoms with van der Waals surface area (Å²) in [5.74, 6) is 0.949. The Hall–Kier alpha value is -1.72. The van der Waals surface area contributed by atoms with E-state index in [9.17, 15) is 0 Å². The Morgan fingerprint density at radius 3 is 2.85 bits per heavy atom. The summed E-state index contributed by atoms with van der Waals surface area (Å²) in [7, 11) is 0. The molecule has 0 saturated carbocycles. The summed E-state index contributed by atoms with van der Waals surface area (Å²) in [6.45, 7) is 4.20. The minimum atomic E-state index is -0.0332. The van der Waals surface area contributed by atoms with Crippen LogP contribution in [-0.4, -0.2) is 14.8 Å². The summed E-state index contributed by atoms with van der Waals surface area (Å²) in [5.41, 5.74) is 6.35. The van der Waals surface area contributed by atoms with Gasteiger partial charge in [0.2, 0.25) is 0 Å². The van der Waals surface area contributed by atoms with Crippen molar-refractivity contribution >= 4 is 21.4 Å². The molecule has 0 radical (unpaired) electrons.